The van der Waals surface area contributed by atoms with Crippen LogP contribution < -0.4 is 10.6 Å². The summed E-state index contributed by atoms with van der Waals surface area (Å²) >= 11 is 5.97. The largest absolute Gasteiger partial charge is 0.326 e. The van der Waals surface area contributed by atoms with Crippen molar-refractivity contribution in [2.24, 2.45) is 5.92 Å². The Hall–Kier alpha value is -4.64. The van der Waals surface area contributed by atoms with Crippen LogP contribution >= 0.6 is 11.6 Å². The predicted molar refractivity (Wildman–Crippen MR) is 152 cm³/mol. The Kier molecular flexibility index (Phi) is 6.96. The van der Waals surface area contributed by atoms with Crippen molar-refractivity contribution in [3.8, 4) is 0 Å². The van der Waals surface area contributed by atoms with Crippen molar-refractivity contribution < 1.29 is 19.2 Å². The van der Waals surface area contributed by atoms with Crippen LogP contribution in [0.3, 0.4) is 0 Å². The van der Waals surface area contributed by atoms with Crippen molar-refractivity contribution in [2.75, 3.05) is 10.6 Å². The number of hydrogen-bond acceptors (Lipinski definition) is 7. The van der Waals surface area contributed by atoms with Gasteiger partial charge in [-0.2, -0.15) is 5.10 Å². The van der Waals surface area contributed by atoms with E-state index in [0.717, 1.165) is 19.3 Å². The second-order valence-electron chi connectivity index (χ2n) is 10.3. The van der Waals surface area contributed by atoms with Crippen molar-refractivity contribution in [2.45, 2.75) is 44.8 Å². The topological polar surface area (TPSA) is 139 Å². The minimum Gasteiger partial charge on any atom is -0.326 e. The molecule has 2 aliphatic rings. The fourth-order valence-corrected chi connectivity index (χ4v) is 6.07. The fraction of sp³-hybridized carbons (Fsp3) is 0.276. The number of amides is 3. The number of halogens is 1. The maximum Gasteiger partial charge on any atom is 0.257 e. The van der Waals surface area contributed by atoms with Gasteiger partial charge < -0.3 is 15.5 Å². The van der Waals surface area contributed by atoms with Gasteiger partial charge in [-0.3, -0.25) is 28.8 Å². The third-order valence-corrected chi connectivity index (χ3v) is 7.87. The molecule has 1 aromatic carbocycles. The number of Topliss-reactive ketones (excluding diaryl/α,β-unsaturated/α-hetero) is 1. The van der Waals surface area contributed by atoms with Crippen LogP contribution in [0.5, 0.6) is 0 Å². The van der Waals surface area contributed by atoms with Gasteiger partial charge >= 0.3 is 0 Å². The molecule has 12 heteroatoms. The zero-order valence-electron chi connectivity index (χ0n) is 22.1. The lowest BCUT2D eigenvalue weighted by molar-refractivity contribution is -0.141. The Balaban J connectivity index is 1.25. The number of fused-ring (bicyclic) bond motifs is 3. The molecule has 3 amide bonds. The molecule has 2 bridgehead atoms. The first kappa shape index (κ1) is 26.6. The summed E-state index contributed by atoms with van der Waals surface area (Å²) in [6.45, 7) is 1.26. The van der Waals surface area contributed by atoms with E-state index in [1.807, 2.05) is 0 Å². The summed E-state index contributed by atoms with van der Waals surface area (Å²) in [5.74, 6) is -0.798. The second kappa shape index (κ2) is 10.7. The molecule has 1 aliphatic heterocycles. The second-order valence-corrected chi connectivity index (χ2v) is 10.7. The van der Waals surface area contributed by atoms with Crippen LogP contribution in [-0.2, 0) is 16.1 Å². The molecular formula is C29H26ClN7O4. The number of aromatic nitrogens is 4. The molecule has 0 spiro atoms. The number of nitrogens with zero attached hydrogens (tertiary/aromatic N) is 5. The molecule has 6 rings (SSSR count). The molecule has 0 radical (unpaired) electrons. The van der Waals surface area contributed by atoms with Gasteiger partial charge in [-0.05, 0) is 67.6 Å². The fourth-order valence-electron chi connectivity index (χ4n) is 5.91. The summed E-state index contributed by atoms with van der Waals surface area (Å²) in [7, 11) is 0. The number of likely N-dealkylation sites (tertiary alicyclic amines) is 1. The molecule has 2 fully saturated rings. The van der Waals surface area contributed by atoms with E-state index < -0.39 is 6.04 Å². The number of nitrogens with one attached hydrogen (secondary N) is 2. The van der Waals surface area contributed by atoms with Gasteiger partial charge in [-0.25, -0.2) is 4.98 Å². The van der Waals surface area contributed by atoms with Crippen molar-refractivity contribution in [1.82, 2.24) is 24.6 Å². The summed E-state index contributed by atoms with van der Waals surface area (Å²) < 4.78 is 1.49. The Labute approximate surface area is 239 Å². The van der Waals surface area contributed by atoms with Crippen LogP contribution in [-0.4, -0.2) is 60.2 Å². The van der Waals surface area contributed by atoms with E-state index in [0.29, 0.717) is 28.0 Å². The Morgan fingerprint density at radius 2 is 1.90 bits per heavy atom. The summed E-state index contributed by atoms with van der Waals surface area (Å²) in [6.07, 6.45) is 5.49. The van der Waals surface area contributed by atoms with E-state index in [2.05, 4.69) is 25.7 Å². The van der Waals surface area contributed by atoms with Gasteiger partial charge in [0.05, 0.1) is 11.1 Å². The maximum atomic E-state index is 13.7. The highest BCUT2D eigenvalue weighted by Gasteiger charge is 2.51. The molecule has 3 atom stereocenters. The summed E-state index contributed by atoms with van der Waals surface area (Å²) in [4.78, 5) is 61.9. The van der Waals surface area contributed by atoms with Gasteiger partial charge in [0.2, 0.25) is 11.8 Å². The normalized spacial score (nSPS) is 19.4. The van der Waals surface area contributed by atoms with E-state index in [4.69, 9.17) is 11.6 Å². The van der Waals surface area contributed by atoms with Crippen LogP contribution in [0.4, 0.5) is 11.5 Å². The predicted octanol–water partition coefficient (Wildman–Crippen LogP) is 3.95. The summed E-state index contributed by atoms with van der Waals surface area (Å²) in [6, 6.07) is 12.7. The first-order valence-electron chi connectivity index (χ1n) is 13.3. The Bertz CT molecular complexity index is 1690. The zero-order chi connectivity index (χ0) is 28.7. The number of ketones is 1. The first-order chi connectivity index (χ1) is 19.8. The van der Waals surface area contributed by atoms with Gasteiger partial charge in [0.15, 0.2) is 5.78 Å². The molecule has 41 heavy (non-hydrogen) atoms. The molecule has 208 valence electrons. The van der Waals surface area contributed by atoms with Gasteiger partial charge in [0.1, 0.15) is 29.3 Å². The van der Waals surface area contributed by atoms with Crippen LogP contribution in [0.2, 0.25) is 5.15 Å². The molecule has 4 heterocycles. The zero-order valence-corrected chi connectivity index (χ0v) is 22.8. The van der Waals surface area contributed by atoms with Gasteiger partial charge in [-0.1, -0.05) is 17.7 Å². The van der Waals surface area contributed by atoms with Gasteiger partial charge in [0, 0.05) is 36.4 Å². The molecule has 1 aliphatic carbocycles. The van der Waals surface area contributed by atoms with Gasteiger partial charge in [0.25, 0.3) is 5.91 Å². The third-order valence-electron chi connectivity index (χ3n) is 7.66. The van der Waals surface area contributed by atoms with Gasteiger partial charge in [-0.15, -0.1) is 0 Å². The number of carbonyl (C=O) groups is 4. The smallest absolute Gasteiger partial charge is 0.257 e. The van der Waals surface area contributed by atoms with Crippen molar-refractivity contribution in [1.29, 1.82) is 0 Å². The number of pyridine rings is 2. The number of rotatable bonds is 7. The quantitative estimate of drug-likeness (QED) is 0.253. The van der Waals surface area contributed by atoms with E-state index >= 15 is 0 Å². The first-order valence-corrected chi connectivity index (χ1v) is 13.6. The summed E-state index contributed by atoms with van der Waals surface area (Å²) in [5.41, 5.74) is 1.62. The van der Waals surface area contributed by atoms with Crippen molar-refractivity contribution in [3.63, 3.8) is 0 Å². The lowest BCUT2D eigenvalue weighted by Crippen LogP contribution is -2.52. The number of hydrogen-bond donors (Lipinski definition) is 2. The number of benzene rings is 1. The molecule has 0 unspecified atom stereocenters. The third kappa shape index (κ3) is 5.16. The highest BCUT2D eigenvalue weighted by Crippen LogP contribution is 2.43. The average Bonchev–Trinajstić information content (AvgIpc) is 3.67. The molecular weight excluding hydrogens is 546 g/mol. The monoisotopic (exact) mass is 571 g/mol. The molecule has 1 saturated heterocycles. The van der Waals surface area contributed by atoms with Crippen LogP contribution in [0.25, 0.3) is 10.9 Å². The highest BCUT2D eigenvalue weighted by molar-refractivity contribution is 6.29. The Morgan fingerprint density at radius 3 is 2.66 bits per heavy atom. The van der Waals surface area contributed by atoms with Crippen molar-refractivity contribution in [3.05, 3.63) is 77.3 Å². The summed E-state index contributed by atoms with van der Waals surface area (Å²) in [5, 5.41) is 10.8. The van der Waals surface area contributed by atoms with E-state index in [-0.39, 0.29) is 52.9 Å². The molecule has 11 nitrogen and oxygen atoms in total. The molecule has 4 aromatic rings. The van der Waals surface area contributed by atoms with Crippen molar-refractivity contribution >= 4 is 57.5 Å². The lowest BCUT2D eigenvalue weighted by Gasteiger charge is -2.34. The van der Waals surface area contributed by atoms with Crippen LogP contribution in [0, 0.1) is 5.92 Å². The van der Waals surface area contributed by atoms with Crippen LogP contribution in [0.1, 0.15) is 47.0 Å². The number of anilines is 2. The SMILES string of the molecule is CC(=O)c1nn(CC(=O)N2[C@@H]3CC[C@@H](C3)[C@H]2C(=O)Nc2cccc(Cl)n2)c2ccc(NC(=O)c3cccnc3)cc12. The standard InChI is InChI=1S/C29H26ClN7O4/c1-16(38)26-21-13-19(32-28(40)18-4-3-11-31-14-18)8-10-22(21)36(35-26)15-25(39)37-20-9-7-17(12-20)27(37)29(41)34-24-6-2-5-23(30)33-24/h2-6,8,10-11,13-14,17,20,27H,7,9,12,15H2,1H3,(H,32,40)(H,33,34,41)/t17-,20+,27-/m0/s1. The van der Waals surface area contributed by atoms with E-state index in [9.17, 15) is 19.2 Å². The van der Waals surface area contributed by atoms with E-state index in [1.165, 1.54) is 17.8 Å². The minimum absolute atomic E-state index is 0.0426. The van der Waals surface area contributed by atoms with Crippen LogP contribution in [0.15, 0.2) is 60.9 Å². The average molecular weight is 572 g/mol. The number of carbonyl (C=O) groups excluding carboxylic acids is 4. The van der Waals surface area contributed by atoms with E-state index in [1.54, 1.807) is 59.6 Å². The highest BCUT2D eigenvalue weighted by atomic mass is 35.5. The minimum atomic E-state index is -0.634. The number of piperidine rings is 1. The molecule has 3 aromatic heterocycles. The Morgan fingerprint density at radius 1 is 1.05 bits per heavy atom. The molecule has 2 N–H and O–H groups in total. The molecule has 1 saturated carbocycles. The maximum absolute atomic E-state index is 13.7. The lowest BCUT2D eigenvalue weighted by atomic mass is 9.97.